The lowest BCUT2D eigenvalue weighted by molar-refractivity contribution is -0.139. The molecule has 1 aromatic carbocycles. The van der Waals surface area contributed by atoms with Crippen molar-refractivity contribution in [2.45, 2.75) is 62.6 Å². The predicted octanol–water partition coefficient (Wildman–Crippen LogP) is 5.94. The fraction of sp³-hybridized carbons (Fsp3) is 0.462. The van der Waals surface area contributed by atoms with Crippen molar-refractivity contribution in [3.63, 3.8) is 0 Å². The molecule has 0 saturated heterocycles. The minimum Gasteiger partial charge on any atom is -0.462 e. The number of amidine groups is 1. The van der Waals surface area contributed by atoms with Gasteiger partial charge in [-0.3, -0.25) is 4.98 Å². The van der Waals surface area contributed by atoms with Crippen molar-refractivity contribution in [2.75, 3.05) is 18.4 Å². The summed E-state index contributed by atoms with van der Waals surface area (Å²) in [5, 5.41) is 9.49. The number of halogens is 6. The van der Waals surface area contributed by atoms with Gasteiger partial charge in [-0.05, 0) is 75.0 Å². The third kappa shape index (κ3) is 5.31. The molecule has 3 aliphatic rings. The lowest BCUT2D eigenvalue weighted by Crippen LogP contribution is -2.47. The maximum Gasteiger partial charge on any atom is 0.418 e. The van der Waals surface area contributed by atoms with Crippen LogP contribution in [0.3, 0.4) is 0 Å². The summed E-state index contributed by atoms with van der Waals surface area (Å²) in [7, 11) is 0. The van der Waals surface area contributed by atoms with Gasteiger partial charge in [-0.15, -0.1) is 0 Å². The molecule has 1 aliphatic carbocycles. The molecule has 2 aromatic rings. The second kappa shape index (κ2) is 10.1. The van der Waals surface area contributed by atoms with Gasteiger partial charge in [-0.1, -0.05) is 0 Å². The Labute approximate surface area is 215 Å². The zero-order valence-corrected chi connectivity index (χ0v) is 20.3. The van der Waals surface area contributed by atoms with E-state index in [2.05, 4.69) is 20.9 Å². The standard InChI is InChI=1S/C26H27F6N5O/c27-25(28,29)16-7-9-17(10-8-16)36-24(22-20(26(30,31)32)6-3-13-34-22)19-11-14-33-15-12-21(19)35-23(37-24)38-18-4-1-2-5-18/h3,6-10,13,18,33,36H,1-2,4-5,11-12,14-15H2,(H,35,37). The summed E-state index contributed by atoms with van der Waals surface area (Å²) in [5.74, 6) is 0. The fourth-order valence-electron chi connectivity index (χ4n) is 5.22. The zero-order chi connectivity index (χ0) is 27.0. The molecule has 12 heteroatoms. The number of hydrogen-bond donors (Lipinski definition) is 3. The van der Waals surface area contributed by atoms with E-state index in [-0.39, 0.29) is 17.8 Å². The number of aromatic nitrogens is 1. The Morgan fingerprint density at radius 3 is 2.32 bits per heavy atom. The molecule has 3 N–H and O–H groups in total. The maximum absolute atomic E-state index is 14.3. The highest BCUT2D eigenvalue weighted by molar-refractivity contribution is 5.80. The lowest BCUT2D eigenvalue weighted by atomic mass is 9.86. The molecule has 5 rings (SSSR count). The molecule has 2 aliphatic heterocycles. The smallest absolute Gasteiger partial charge is 0.418 e. The Morgan fingerprint density at radius 1 is 0.921 bits per heavy atom. The molecule has 1 saturated carbocycles. The van der Waals surface area contributed by atoms with Crippen LogP contribution < -0.4 is 16.0 Å². The molecule has 3 heterocycles. The molecule has 1 aromatic heterocycles. The van der Waals surface area contributed by atoms with Gasteiger partial charge in [0.15, 0.2) is 0 Å². The third-order valence-corrected chi connectivity index (χ3v) is 7.01. The van der Waals surface area contributed by atoms with Crippen molar-refractivity contribution in [2.24, 2.45) is 4.99 Å². The Balaban J connectivity index is 1.69. The molecule has 6 nitrogen and oxygen atoms in total. The van der Waals surface area contributed by atoms with Crippen LogP contribution in [0, 0.1) is 0 Å². The fourth-order valence-corrected chi connectivity index (χ4v) is 5.22. The van der Waals surface area contributed by atoms with Crippen molar-refractivity contribution < 1.29 is 31.1 Å². The van der Waals surface area contributed by atoms with Crippen molar-refractivity contribution in [3.05, 3.63) is 70.7 Å². The van der Waals surface area contributed by atoms with E-state index in [9.17, 15) is 26.3 Å². The summed E-state index contributed by atoms with van der Waals surface area (Å²) in [6.07, 6.45) is -3.86. The summed E-state index contributed by atoms with van der Waals surface area (Å²) in [4.78, 5) is 8.89. The average molecular weight is 540 g/mol. The number of benzene rings is 1. The Kier molecular flexibility index (Phi) is 7.01. The first-order valence-electron chi connectivity index (χ1n) is 12.5. The average Bonchev–Trinajstić information content (AvgIpc) is 3.25. The molecular weight excluding hydrogens is 512 g/mol. The first-order valence-corrected chi connectivity index (χ1v) is 12.5. The number of rotatable bonds is 4. The Morgan fingerprint density at radius 2 is 1.63 bits per heavy atom. The number of pyridine rings is 1. The number of nitrogens with one attached hydrogen (secondary N) is 3. The normalized spacial score (nSPS) is 22.8. The van der Waals surface area contributed by atoms with Gasteiger partial charge in [0.2, 0.25) is 5.66 Å². The van der Waals surface area contributed by atoms with Crippen molar-refractivity contribution >= 4 is 11.7 Å². The number of ether oxygens (including phenoxy) is 1. The minimum absolute atomic E-state index is 0.0655. The van der Waals surface area contributed by atoms with Gasteiger partial charge in [-0.2, -0.15) is 31.3 Å². The zero-order valence-electron chi connectivity index (χ0n) is 20.3. The van der Waals surface area contributed by atoms with Crippen LogP contribution in [-0.2, 0) is 22.8 Å². The summed E-state index contributed by atoms with van der Waals surface area (Å²) in [6, 6.07) is 6.32. The number of alkyl halides is 6. The Bertz CT molecular complexity index is 1220. The first kappa shape index (κ1) is 26.3. The number of anilines is 1. The van der Waals surface area contributed by atoms with Crippen LogP contribution >= 0.6 is 0 Å². The van der Waals surface area contributed by atoms with Gasteiger partial charge in [0.25, 0.3) is 6.02 Å². The monoisotopic (exact) mass is 539 g/mol. The van der Waals surface area contributed by atoms with E-state index in [1.165, 1.54) is 24.4 Å². The van der Waals surface area contributed by atoms with E-state index in [0.717, 1.165) is 43.9 Å². The van der Waals surface area contributed by atoms with E-state index >= 15 is 0 Å². The first-order chi connectivity index (χ1) is 18.1. The third-order valence-electron chi connectivity index (χ3n) is 7.01. The van der Waals surface area contributed by atoms with Gasteiger partial charge in [0.1, 0.15) is 11.8 Å². The maximum atomic E-state index is 14.3. The van der Waals surface area contributed by atoms with E-state index < -0.39 is 34.8 Å². The van der Waals surface area contributed by atoms with Crippen LogP contribution in [-0.4, -0.2) is 30.2 Å². The van der Waals surface area contributed by atoms with Gasteiger partial charge in [0.05, 0.1) is 11.1 Å². The van der Waals surface area contributed by atoms with E-state index in [1.807, 2.05) is 0 Å². The molecule has 1 unspecified atom stereocenters. The molecule has 0 radical (unpaired) electrons. The van der Waals surface area contributed by atoms with Crippen molar-refractivity contribution in [1.82, 2.24) is 15.6 Å². The summed E-state index contributed by atoms with van der Waals surface area (Å²) in [6.45, 7) is 1.05. The highest BCUT2D eigenvalue weighted by Crippen LogP contribution is 2.45. The van der Waals surface area contributed by atoms with Crippen LogP contribution in [0.5, 0.6) is 0 Å². The van der Waals surface area contributed by atoms with Gasteiger partial charge < -0.3 is 20.7 Å². The van der Waals surface area contributed by atoms with E-state index in [1.54, 1.807) is 0 Å². The van der Waals surface area contributed by atoms with Crippen LogP contribution in [0.4, 0.5) is 32.0 Å². The minimum atomic E-state index is -4.75. The topological polar surface area (TPSA) is 70.6 Å². The molecule has 38 heavy (non-hydrogen) atoms. The van der Waals surface area contributed by atoms with E-state index in [0.29, 0.717) is 37.2 Å². The molecular formula is C26H27F6N5O. The number of nitrogens with zero attached hydrogens (tertiary/aromatic N) is 2. The van der Waals surface area contributed by atoms with E-state index in [4.69, 9.17) is 9.73 Å². The quantitative estimate of drug-likeness (QED) is 0.420. The van der Waals surface area contributed by atoms with Crippen molar-refractivity contribution in [3.8, 4) is 0 Å². The van der Waals surface area contributed by atoms with Gasteiger partial charge >= 0.3 is 12.4 Å². The molecule has 1 fully saturated rings. The summed E-state index contributed by atoms with van der Waals surface area (Å²) in [5.41, 5.74) is -2.80. The SMILES string of the molecule is FC(F)(F)c1ccc(NC2(c3ncccc3C(F)(F)F)N=C(OC3CCCC3)NC3=C2CCNCC3)cc1. The molecule has 0 bridgehead atoms. The highest BCUT2D eigenvalue weighted by Gasteiger charge is 2.49. The molecule has 0 amide bonds. The molecule has 204 valence electrons. The predicted molar refractivity (Wildman–Crippen MR) is 129 cm³/mol. The second-order valence-electron chi connectivity index (χ2n) is 9.58. The largest absolute Gasteiger partial charge is 0.462 e. The van der Waals surface area contributed by atoms with Crippen LogP contribution in [0.25, 0.3) is 0 Å². The van der Waals surface area contributed by atoms with Gasteiger partial charge in [-0.25, -0.2) is 0 Å². The second-order valence-corrected chi connectivity index (χ2v) is 9.58. The van der Waals surface area contributed by atoms with Crippen LogP contribution in [0.2, 0.25) is 0 Å². The van der Waals surface area contributed by atoms with Crippen LogP contribution in [0.1, 0.15) is 55.3 Å². The van der Waals surface area contributed by atoms with Crippen LogP contribution in [0.15, 0.2) is 58.9 Å². The number of aliphatic imine (C=N–C) groups is 1. The highest BCUT2D eigenvalue weighted by atomic mass is 19.4. The molecule has 0 spiro atoms. The number of hydrogen-bond acceptors (Lipinski definition) is 6. The molecule has 1 atom stereocenters. The summed E-state index contributed by atoms with van der Waals surface area (Å²) >= 11 is 0. The Hall–Kier alpha value is -3.28. The summed E-state index contributed by atoms with van der Waals surface area (Å²) < 4.78 is 88.7. The lowest BCUT2D eigenvalue weighted by Gasteiger charge is -2.40. The van der Waals surface area contributed by atoms with Crippen molar-refractivity contribution in [1.29, 1.82) is 0 Å². The van der Waals surface area contributed by atoms with Gasteiger partial charge in [0, 0.05) is 36.1 Å².